The topological polar surface area (TPSA) is 78.9 Å². The molecule has 1 amide bonds. The monoisotopic (exact) mass is 490 g/mol. The van der Waals surface area contributed by atoms with Crippen molar-refractivity contribution >= 4 is 33.9 Å². The van der Waals surface area contributed by atoms with E-state index in [1.165, 1.54) is 22.5 Å². The molecule has 0 saturated carbocycles. The van der Waals surface area contributed by atoms with Gasteiger partial charge in [0.05, 0.1) is 17.8 Å². The number of fused-ring (bicyclic) bond motifs is 1. The Morgan fingerprint density at radius 1 is 1.03 bits per heavy atom. The molecule has 1 aliphatic carbocycles. The van der Waals surface area contributed by atoms with Gasteiger partial charge in [-0.3, -0.25) is 4.79 Å². The number of morpholine rings is 1. The highest BCUT2D eigenvalue weighted by atomic mass is 32.1. The summed E-state index contributed by atoms with van der Waals surface area (Å²) in [5, 5.41) is 15.2. The molecule has 3 aromatic rings. The number of nitrogens with zero attached hydrogens (tertiary/aromatic N) is 1. The van der Waals surface area contributed by atoms with Crippen molar-refractivity contribution in [3.63, 3.8) is 0 Å². The van der Waals surface area contributed by atoms with Crippen LogP contribution in [0.5, 0.6) is 0 Å². The van der Waals surface area contributed by atoms with Gasteiger partial charge in [0.2, 0.25) is 0 Å². The quantitative estimate of drug-likeness (QED) is 0.488. The molecule has 5 rings (SSSR count). The van der Waals surface area contributed by atoms with Crippen LogP contribution in [0.4, 0.5) is 10.7 Å². The largest absolute Gasteiger partial charge is 0.478 e. The van der Waals surface area contributed by atoms with Crippen molar-refractivity contribution in [3.05, 3.63) is 81.7 Å². The first kappa shape index (κ1) is 23.6. The number of carboxylic acid groups (broad SMARTS) is 1. The number of amides is 1. The van der Waals surface area contributed by atoms with Crippen LogP contribution < -0.4 is 10.2 Å². The second-order valence-electron chi connectivity index (χ2n) is 9.57. The summed E-state index contributed by atoms with van der Waals surface area (Å²) in [4.78, 5) is 27.5. The van der Waals surface area contributed by atoms with Crippen LogP contribution >= 0.6 is 11.3 Å². The third kappa shape index (κ3) is 4.97. The first-order valence-electron chi connectivity index (χ1n) is 12.1. The fourth-order valence-electron chi connectivity index (χ4n) is 5.34. The normalized spacial score (nSPS) is 21.9. The lowest BCUT2D eigenvalue weighted by molar-refractivity contribution is -0.00522. The standard InChI is InChI=1S/C28H30N2O4S/c1-17-14-30(15-18(2)34-17)23-11-9-20(10-12-23)26(31)29-27-25(28(32)33)24(16-35-27)22-8-7-19-5-3-4-6-21(19)13-22/h3-6,9-12,16-18,22H,7-8,13-15H2,1-2H3,(H,29,31)(H,32,33)/t17-,18+,22?. The number of hydrogen-bond acceptors (Lipinski definition) is 5. The second-order valence-corrected chi connectivity index (χ2v) is 10.5. The van der Waals surface area contributed by atoms with Crippen LogP contribution in [-0.2, 0) is 17.6 Å². The van der Waals surface area contributed by atoms with Crippen LogP contribution in [0.2, 0.25) is 0 Å². The number of carbonyl (C=O) groups is 2. The van der Waals surface area contributed by atoms with Crippen LogP contribution in [0.3, 0.4) is 0 Å². The number of carbonyl (C=O) groups excluding carboxylic acids is 1. The van der Waals surface area contributed by atoms with Gasteiger partial charge in [-0.1, -0.05) is 24.3 Å². The van der Waals surface area contributed by atoms with E-state index in [4.69, 9.17) is 4.74 Å². The molecule has 2 aliphatic rings. The summed E-state index contributed by atoms with van der Waals surface area (Å²) < 4.78 is 5.81. The summed E-state index contributed by atoms with van der Waals surface area (Å²) in [6, 6.07) is 15.8. The highest BCUT2D eigenvalue weighted by molar-refractivity contribution is 7.15. The number of benzene rings is 2. The van der Waals surface area contributed by atoms with E-state index in [0.717, 1.165) is 43.6 Å². The summed E-state index contributed by atoms with van der Waals surface area (Å²) in [7, 11) is 0. The van der Waals surface area contributed by atoms with Crippen molar-refractivity contribution in [1.82, 2.24) is 0 Å². The van der Waals surface area contributed by atoms with E-state index < -0.39 is 5.97 Å². The molecule has 2 aromatic carbocycles. The molecule has 3 atom stereocenters. The first-order valence-corrected chi connectivity index (χ1v) is 13.0. The van der Waals surface area contributed by atoms with Gasteiger partial charge < -0.3 is 20.1 Å². The van der Waals surface area contributed by atoms with Crippen molar-refractivity contribution in [3.8, 4) is 0 Å². The van der Waals surface area contributed by atoms with Crippen LogP contribution in [0.15, 0.2) is 53.9 Å². The average molecular weight is 491 g/mol. The molecule has 2 heterocycles. The number of carboxylic acids is 1. The van der Waals surface area contributed by atoms with E-state index >= 15 is 0 Å². The molecule has 35 heavy (non-hydrogen) atoms. The zero-order chi connectivity index (χ0) is 24.5. The third-order valence-electron chi connectivity index (χ3n) is 6.96. The maximum absolute atomic E-state index is 13.0. The Morgan fingerprint density at radius 3 is 2.40 bits per heavy atom. The van der Waals surface area contributed by atoms with E-state index in [2.05, 4.69) is 42.3 Å². The summed E-state index contributed by atoms with van der Waals surface area (Å²) in [6.45, 7) is 5.74. The van der Waals surface area contributed by atoms with Crippen molar-refractivity contribution in [2.75, 3.05) is 23.3 Å². The minimum Gasteiger partial charge on any atom is -0.478 e. The molecular weight excluding hydrogens is 460 g/mol. The maximum Gasteiger partial charge on any atom is 0.339 e. The molecule has 6 nitrogen and oxygen atoms in total. The van der Waals surface area contributed by atoms with Crippen LogP contribution in [0.1, 0.15) is 63.6 Å². The molecule has 0 spiro atoms. The van der Waals surface area contributed by atoms with E-state index in [9.17, 15) is 14.7 Å². The Labute approximate surface area is 209 Å². The van der Waals surface area contributed by atoms with Crippen LogP contribution in [0, 0.1) is 0 Å². The van der Waals surface area contributed by atoms with Crippen molar-refractivity contribution in [2.45, 2.75) is 51.2 Å². The molecule has 2 N–H and O–H groups in total. The minimum absolute atomic E-state index is 0.135. The lowest BCUT2D eigenvalue weighted by Crippen LogP contribution is -2.45. The Bertz CT molecular complexity index is 1230. The molecule has 1 unspecified atom stereocenters. The van der Waals surface area contributed by atoms with Gasteiger partial charge >= 0.3 is 5.97 Å². The molecule has 0 bridgehead atoms. The van der Waals surface area contributed by atoms with Gasteiger partial charge in [-0.15, -0.1) is 11.3 Å². The summed E-state index contributed by atoms with van der Waals surface area (Å²) >= 11 is 1.29. The lowest BCUT2D eigenvalue weighted by Gasteiger charge is -2.36. The lowest BCUT2D eigenvalue weighted by atomic mass is 9.80. The average Bonchev–Trinajstić information content (AvgIpc) is 3.27. The number of aryl methyl sites for hydroxylation is 1. The molecule has 1 fully saturated rings. The van der Waals surface area contributed by atoms with Crippen LogP contribution in [-0.4, -0.2) is 42.3 Å². The predicted octanol–water partition coefficient (Wildman–Crippen LogP) is 5.58. The molecule has 1 aliphatic heterocycles. The third-order valence-corrected chi connectivity index (χ3v) is 7.87. The summed E-state index contributed by atoms with van der Waals surface area (Å²) in [6.07, 6.45) is 2.97. The van der Waals surface area contributed by atoms with Crippen molar-refractivity contribution < 1.29 is 19.4 Å². The summed E-state index contributed by atoms with van der Waals surface area (Å²) in [5.41, 5.74) is 5.21. The SMILES string of the molecule is C[C@@H]1CN(c2ccc(C(=O)Nc3scc(C4CCc5ccccc5C4)c3C(=O)O)cc2)C[C@H](C)O1. The smallest absolute Gasteiger partial charge is 0.339 e. The van der Waals surface area contributed by atoms with Gasteiger partial charge in [0.1, 0.15) is 5.00 Å². The predicted molar refractivity (Wildman–Crippen MR) is 139 cm³/mol. The van der Waals surface area contributed by atoms with Gasteiger partial charge in [-0.2, -0.15) is 0 Å². The zero-order valence-electron chi connectivity index (χ0n) is 20.0. The van der Waals surface area contributed by atoms with E-state index in [1.54, 1.807) is 12.1 Å². The number of ether oxygens (including phenoxy) is 1. The number of nitrogens with one attached hydrogen (secondary N) is 1. The molecule has 182 valence electrons. The number of anilines is 2. The van der Waals surface area contributed by atoms with Gasteiger partial charge in [-0.05, 0) is 85.4 Å². The van der Waals surface area contributed by atoms with E-state index in [-0.39, 0.29) is 29.6 Å². The van der Waals surface area contributed by atoms with Gasteiger partial charge in [0.15, 0.2) is 0 Å². The Morgan fingerprint density at radius 2 is 1.71 bits per heavy atom. The van der Waals surface area contributed by atoms with Crippen molar-refractivity contribution in [2.24, 2.45) is 0 Å². The number of rotatable bonds is 5. The molecule has 7 heteroatoms. The molecule has 1 saturated heterocycles. The van der Waals surface area contributed by atoms with Gasteiger partial charge in [0.25, 0.3) is 5.91 Å². The van der Waals surface area contributed by atoms with E-state index in [1.807, 2.05) is 23.6 Å². The van der Waals surface area contributed by atoms with E-state index in [0.29, 0.717) is 10.6 Å². The molecular formula is C28H30N2O4S. The Kier molecular flexibility index (Phi) is 6.62. The Balaban J connectivity index is 1.32. The number of hydrogen-bond donors (Lipinski definition) is 2. The zero-order valence-corrected chi connectivity index (χ0v) is 20.8. The highest BCUT2D eigenvalue weighted by Gasteiger charge is 2.28. The van der Waals surface area contributed by atoms with Crippen LogP contribution in [0.25, 0.3) is 0 Å². The number of aromatic carboxylic acids is 1. The maximum atomic E-state index is 13.0. The first-order chi connectivity index (χ1) is 16.9. The second kappa shape index (κ2) is 9.84. The fraction of sp³-hybridized carbons (Fsp3) is 0.357. The fourth-order valence-corrected chi connectivity index (χ4v) is 6.36. The van der Waals surface area contributed by atoms with Gasteiger partial charge in [0, 0.05) is 24.3 Å². The minimum atomic E-state index is -0.999. The highest BCUT2D eigenvalue weighted by Crippen LogP contribution is 2.40. The summed E-state index contributed by atoms with van der Waals surface area (Å²) in [5.74, 6) is -1.16. The Hall–Kier alpha value is -3.16. The number of thiophene rings is 1. The molecule has 0 radical (unpaired) electrons. The van der Waals surface area contributed by atoms with Gasteiger partial charge in [-0.25, -0.2) is 4.79 Å². The molecule has 1 aromatic heterocycles. The van der Waals surface area contributed by atoms with Crippen molar-refractivity contribution in [1.29, 1.82) is 0 Å².